The molecule has 0 radical (unpaired) electrons. The lowest BCUT2D eigenvalue weighted by Crippen LogP contribution is -2.52. The maximum absolute atomic E-state index is 12.9. The Morgan fingerprint density at radius 3 is 2.54 bits per heavy atom. The molecule has 8 heteroatoms. The fraction of sp³-hybridized carbons (Fsp3) is 0.600. The summed E-state index contributed by atoms with van der Waals surface area (Å²) in [6, 6.07) is 4.21. The van der Waals surface area contributed by atoms with E-state index in [4.69, 9.17) is 0 Å². The van der Waals surface area contributed by atoms with Crippen molar-refractivity contribution < 1.29 is 13.2 Å². The first-order valence-corrected chi connectivity index (χ1v) is 12.2. The number of carbonyl (C=O) groups excluding carboxylic acids is 1. The van der Waals surface area contributed by atoms with Crippen molar-refractivity contribution in [3.63, 3.8) is 0 Å². The molecular weight excluding hydrogens is 394 g/mol. The molecule has 0 bridgehead atoms. The number of fused-ring (bicyclic) bond motifs is 1. The topological polar surface area (TPSA) is 88.2 Å². The summed E-state index contributed by atoms with van der Waals surface area (Å²) in [5, 5.41) is 3.94. The molecule has 1 heterocycles. The van der Waals surface area contributed by atoms with Crippen molar-refractivity contribution in [3.05, 3.63) is 23.2 Å². The highest BCUT2D eigenvalue weighted by Gasteiger charge is 2.30. The summed E-state index contributed by atoms with van der Waals surface area (Å²) in [4.78, 5) is 17.3. The maximum atomic E-state index is 12.9. The van der Waals surface area contributed by atoms with Crippen molar-refractivity contribution in [3.8, 4) is 0 Å². The second-order valence-corrected chi connectivity index (χ2v) is 11.1. The molecule has 0 spiro atoms. The zero-order chi connectivity index (χ0) is 20.5. The number of carbonyl (C=O) groups is 1. The smallest absolute Gasteiger partial charge is 0.241 e. The molecule has 1 aliphatic carbocycles. The quantitative estimate of drug-likeness (QED) is 0.743. The predicted molar refractivity (Wildman–Crippen MR) is 113 cm³/mol. The standard InChI is InChI=1S/C20H29N3O3S2/c1-12(2)19(20(24)22-15-7-5-13(3)6-8-15)23-28(25,26)16-9-10-17-18(11-16)27-14(4)21-17/h9-13,15,19,23H,5-8H2,1-4H3,(H,22,24)/t13?,15?,19-/m1/s1. The first kappa shape index (κ1) is 21.2. The zero-order valence-corrected chi connectivity index (χ0v) is 18.5. The molecule has 154 valence electrons. The Bertz CT molecular complexity index is 945. The van der Waals surface area contributed by atoms with Gasteiger partial charge < -0.3 is 5.32 Å². The van der Waals surface area contributed by atoms with Crippen LogP contribution in [0.3, 0.4) is 0 Å². The second kappa shape index (κ2) is 8.47. The van der Waals surface area contributed by atoms with Gasteiger partial charge in [-0.15, -0.1) is 11.3 Å². The van der Waals surface area contributed by atoms with Crippen LogP contribution in [0, 0.1) is 18.8 Å². The molecule has 0 aliphatic heterocycles. The molecule has 1 amide bonds. The van der Waals surface area contributed by atoms with Crippen molar-refractivity contribution in [2.45, 2.75) is 70.4 Å². The van der Waals surface area contributed by atoms with E-state index in [9.17, 15) is 13.2 Å². The molecule has 3 rings (SSSR count). The zero-order valence-electron chi connectivity index (χ0n) is 16.9. The molecule has 1 aromatic carbocycles. The average Bonchev–Trinajstić information content (AvgIpc) is 3.00. The van der Waals surface area contributed by atoms with Gasteiger partial charge in [0.1, 0.15) is 6.04 Å². The van der Waals surface area contributed by atoms with Gasteiger partial charge in [0.2, 0.25) is 15.9 Å². The number of benzene rings is 1. The highest BCUT2D eigenvalue weighted by Crippen LogP contribution is 2.26. The van der Waals surface area contributed by atoms with Gasteiger partial charge in [-0.3, -0.25) is 4.79 Å². The fourth-order valence-corrected chi connectivity index (χ4v) is 5.92. The van der Waals surface area contributed by atoms with Crippen LogP contribution >= 0.6 is 11.3 Å². The van der Waals surface area contributed by atoms with E-state index in [0.29, 0.717) is 5.92 Å². The van der Waals surface area contributed by atoms with Crippen molar-refractivity contribution in [2.75, 3.05) is 0 Å². The van der Waals surface area contributed by atoms with Gasteiger partial charge in [0.25, 0.3) is 0 Å². The van der Waals surface area contributed by atoms with E-state index in [0.717, 1.165) is 40.9 Å². The van der Waals surface area contributed by atoms with E-state index < -0.39 is 16.1 Å². The highest BCUT2D eigenvalue weighted by molar-refractivity contribution is 7.89. The van der Waals surface area contributed by atoms with Crippen LogP contribution in [0.25, 0.3) is 10.2 Å². The molecule has 1 aliphatic rings. The number of nitrogens with one attached hydrogen (secondary N) is 2. The number of hydrogen-bond donors (Lipinski definition) is 2. The van der Waals surface area contributed by atoms with E-state index in [2.05, 4.69) is 21.9 Å². The molecule has 1 fully saturated rings. The highest BCUT2D eigenvalue weighted by atomic mass is 32.2. The molecule has 2 N–H and O–H groups in total. The molecule has 2 aromatic rings. The summed E-state index contributed by atoms with van der Waals surface area (Å²) >= 11 is 1.45. The Balaban J connectivity index is 1.75. The number of sulfonamides is 1. The first-order valence-electron chi connectivity index (χ1n) is 9.85. The summed E-state index contributed by atoms with van der Waals surface area (Å²) in [5.41, 5.74) is 0.783. The van der Waals surface area contributed by atoms with Crippen LogP contribution in [0.2, 0.25) is 0 Å². The Morgan fingerprint density at radius 2 is 1.89 bits per heavy atom. The normalized spacial score (nSPS) is 21.8. The van der Waals surface area contributed by atoms with Crippen molar-refractivity contribution >= 4 is 37.5 Å². The van der Waals surface area contributed by atoms with Crippen LogP contribution < -0.4 is 10.0 Å². The minimum absolute atomic E-state index is 0.131. The summed E-state index contributed by atoms with van der Waals surface area (Å²) in [6.07, 6.45) is 4.09. The maximum Gasteiger partial charge on any atom is 0.241 e. The van der Waals surface area contributed by atoms with Gasteiger partial charge in [0, 0.05) is 6.04 Å². The van der Waals surface area contributed by atoms with E-state index in [1.165, 1.54) is 11.3 Å². The first-order chi connectivity index (χ1) is 13.2. The van der Waals surface area contributed by atoms with Gasteiger partial charge in [-0.2, -0.15) is 4.72 Å². The van der Waals surface area contributed by atoms with Gasteiger partial charge in [-0.1, -0.05) is 20.8 Å². The molecule has 1 atom stereocenters. The summed E-state index contributed by atoms with van der Waals surface area (Å²) in [7, 11) is -3.81. The molecule has 28 heavy (non-hydrogen) atoms. The van der Waals surface area contributed by atoms with Crippen molar-refractivity contribution in [2.24, 2.45) is 11.8 Å². The minimum atomic E-state index is -3.81. The molecule has 0 unspecified atom stereocenters. The molecule has 1 saturated carbocycles. The lowest BCUT2D eigenvalue weighted by Gasteiger charge is -2.29. The summed E-state index contributed by atoms with van der Waals surface area (Å²) in [6.45, 7) is 7.82. The number of nitrogens with zero attached hydrogens (tertiary/aromatic N) is 1. The van der Waals surface area contributed by atoms with Gasteiger partial charge in [0.05, 0.1) is 20.1 Å². The molecule has 0 saturated heterocycles. The number of aromatic nitrogens is 1. The van der Waals surface area contributed by atoms with Crippen LogP contribution in [-0.4, -0.2) is 31.4 Å². The van der Waals surface area contributed by atoms with Crippen LogP contribution in [0.1, 0.15) is 51.5 Å². The van der Waals surface area contributed by atoms with Gasteiger partial charge in [-0.25, -0.2) is 13.4 Å². The summed E-state index contributed by atoms with van der Waals surface area (Å²) in [5.74, 6) is 0.289. The van der Waals surface area contributed by atoms with Crippen LogP contribution in [0.4, 0.5) is 0 Å². The Labute approximate surface area is 171 Å². The Hall–Kier alpha value is -1.51. The molecular formula is C20H29N3O3S2. The lowest BCUT2D eigenvalue weighted by atomic mass is 9.87. The van der Waals surface area contributed by atoms with Crippen LogP contribution in [-0.2, 0) is 14.8 Å². The number of amides is 1. The van der Waals surface area contributed by atoms with Crippen molar-refractivity contribution in [1.82, 2.24) is 15.0 Å². The van der Waals surface area contributed by atoms with E-state index in [1.807, 2.05) is 20.8 Å². The van der Waals surface area contributed by atoms with Gasteiger partial charge in [0.15, 0.2) is 0 Å². The van der Waals surface area contributed by atoms with E-state index in [-0.39, 0.29) is 22.8 Å². The molecule has 6 nitrogen and oxygen atoms in total. The third-order valence-corrected chi connectivity index (χ3v) is 7.74. The number of thiazole rings is 1. The van der Waals surface area contributed by atoms with Crippen LogP contribution in [0.15, 0.2) is 23.1 Å². The third-order valence-electron chi connectivity index (χ3n) is 5.37. The summed E-state index contributed by atoms with van der Waals surface area (Å²) < 4.78 is 29.3. The Morgan fingerprint density at radius 1 is 1.21 bits per heavy atom. The number of aryl methyl sites for hydroxylation is 1. The number of rotatable bonds is 6. The lowest BCUT2D eigenvalue weighted by molar-refractivity contribution is -0.124. The molecule has 1 aromatic heterocycles. The fourth-order valence-electron chi connectivity index (χ4n) is 3.61. The third kappa shape index (κ3) is 4.90. The minimum Gasteiger partial charge on any atom is -0.352 e. The SMILES string of the molecule is Cc1nc2ccc(S(=O)(=O)N[C@@H](C(=O)NC3CCC(C)CC3)C(C)C)cc2s1. The van der Waals surface area contributed by atoms with Gasteiger partial charge >= 0.3 is 0 Å². The second-order valence-electron chi connectivity index (χ2n) is 8.17. The van der Waals surface area contributed by atoms with Crippen molar-refractivity contribution in [1.29, 1.82) is 0 Å². The van der Waals surface area contributed by atoms with E-state index >= 15 is 0 Å². The van der Waals surface area contributed by atoms with Crippen LogP contribution in [0.5, 0.6) is 0 Å². The monoisotopic (exact) mass is 423 g/mol. The number of hydrogen-bond acceptors (Lipinski definition) is 5. The van der Waals surface area contributed by atoms with E-state index in [1.54, 1.807) is 18.2 Å². The average molecular weight is 424 g/mol. The van der Waals surface area contributed by atoms with Gasteiger partial charge in [-0.05, 0) is 62.6 Å². The largest absolute Gasteiger partial charge is 0.352 e. The predicted octanol–water partition coefficient (Wildman–Crippen LogP) is 3.60. The Kier molecular flexibility index (Phi) is 6.41.